The summed E-state index contributed by atoms with van der Waals surface area (Å²) in [4.78, 5) is 23.6. The Morgan fingerprint density at radius 2 is 1.88 bits per heavy atom. The van der Waals surface area contributed by atoms with Gasteiger partial charge in [0, 0.05) is 25.2 Å². The molecule has 0 aromatic carbocycles. The number of hydrogen-bond acceptors (Lipinski definition) is 4. The summed E-state index contributed by atoms with van der Waals surface area (Å²) < 4.78 is 5.69. The van der Waals surface area contributed by atoms with E-state index in [0.717, 1.165) is 38.5 Å². The maximum absolute atomic E-state index is 11.9. The van der Waals surface area contributed by atoms with E-state index in [9.17, 15) is 14.9 Å². The fourth-order valence-corrected chi connectivity index (χ4v) is 7.18. The monoisotopic (exact) mass is 355 g/mol. The Labute approximate surface area is 156 Å². The molecule has 4 aliphatic rings. The normalized spacial score (nSPS) is 47.1. The molecule has 26 heavy (non-hydrogen) atoms. The van der Waals surface area contributed by atoms with Crippen LogP contribution in [0.1, 0.15) is 72.1 Å². The number of ketones is 1. The molecule has 0 amide bonds. The van der Waals surface area contributed by atoms with Gasteiger partial charge in [0.1, 0.15) is 6.07 Å². The van der Waals surface area contributed by atoms with E-state index in [1.807, 2.05) is 6.08 Å². The molecule has 140 valence electrons. The molecule has 0 bridgehead atoms. The molecule has 0 aliphatic heterocycles. The number of esters is 1. The molecule has 3 saturated carbocycles. The van der Waals surface area contributed by atoms with Gasteiger partial charge in [-0.25, -0.2) is 0 Å². The molecule has 0 spiro atoms. The van der Waals surface area contributed by atoms with E-state index < -0.39 is 5.60 Å². The van der Waals surface area contributed by atoms with Crippen LogP contribution in [0.15, 0.2) is 11.6 Å². The van der Waals surface area contributed by atoms with Crippen molar-refractivity contribution in [1.82, 2.24) is 0 Å². The first-order chi connectivity index (χ1) is 12.3. The number of carbonyl (C=O) groups excluding carboxylic acids is 2. The van der Waals surface area contributed by atoms with Gasteiger partial charge in [0.15, 0.2) is 5.78 Å². The van der Waals surface area contributed by atoms with Crippen molar-refractivity contribution in [2.24, 2.45) is 28.6 Å². The zero-order valence-electron chi connectivity index (χ0n) is 16.1. The first-order valence-corrected chi connectivity index (χ1v) is 10.1. The molecule has 4 rings (SSSR count). The van der Waals surface area contributed by atoms with E-state index in [1.165, 1.54) is 12.5 Å². The van der Waals surface area contributed by atoms with E-state index in [-0.39, 0.29) is 22.6 Å². The molecule has 6 atom stereocenters. The largest absolute Gasteiger partial charge is 0.443 e. The summed E-state index contributed by atoms with van der Waals surface area (Å²) in [5, 5.41) is 9.96. The van der Waals surface area contributed by atoms with Gasteiger partial charge in [-0.05, 0) is 67.8 Å². The maximum atomic E-state index is 11.9. The highest BCUT2D eigenvalue weighted by Gasteiger charge is 2.66. The van der Waals surface area contributed by atoms with Crippen LogP contribution in [0.5, 0.6) is 0 Å². The molecule has 0 N–H and O–H groups in total. The lowest BCUT2D eigenvalue weighted by molar-refractivity contribution is -0.169. The molecule has 0 heterocycles. The average Bonchev–Trinajstić information content (AvgIpc) is 2.88. The number of rotatable bonds is 1. The minimum Gasteiger partial charge on any atom is -0.443 e. The van der Waals surface area contributed by atoms with Crippen LogP contribution < -0.4 is 0 Å². The smallest absolute Gasteiger partial charge is 0.304 e. The zero-order chi connectivity index (χ0) is 18.7. The van der Waals surface area contributed by atoms with Gasteiger partial charge in [-0.3, -0.25) is 9.59 Å². The van der Waals surface area contributed by atoms with Crippen molar-refractivity contribution >= 4 is 11.8 Å². The Hall–Kier alpha value is -1.63. The predicted octanol–water partition coefficient (Wildman–Crippen LogP) is 4.34. The summed E-state index contributed by atoms with van der Waals surface area (Å²) in [6.45, 7) is 5.97. The molecular weight excluding hydrogens is 326 g/mol. The van der Waals surface area contributed by atoms with Gasteiger partial charge in [-0.2, -0.15) is 5.26 Å². The SMILES string of the molecule is CC(=O)O[C@@]1(C#N)CC[C@@H]2[C@H]3CCC4=CC(=O)CC[C@]4(C)[C@H]3CC[C@@]21C. The maximum Gasteiger partial charge on any atom is 0.304 e. The lowest BCUT2D eigenvalue weighted by Crippen LogP contribution is -2.55. The van der Waals surface area contributed by atoms with Gasteiger partial charge in [0.2, 0.25) is 5.60 Å². The van der Waals surface area contributed by atoms with Crippen molar-refractivity contribution in [3.63, 3.8) is 0 Å². The Kier molecular flexibility index (Phi) is 3.88. The van der Waals surface area contributed by atoms with E-state index >= 15 is 0 Å². The van der Waals surface area contributed by atoms with Crippen LogP contribution in [0.2, 0.25) is 0 Å². The van der Waals surface area contributed by atoms with Gasteiger partial charge in [-0.15, -0.1) is 0 Å². The predicted molar refractivity (Wildman–Crippen MR) is 96.8 cm³/mol. The minimum atomic E-state index is -0.964. The average molecular weight is 355 g/mol. The third-order valence-electron chi connectivity index (χ3n) is 8.58. The zero-order valence-corrected chi connectivity index (χ0v) is 16.1. The van der Waals surface area contributed by atoms with Gasteiger partial charge >= 0.3 is 5.97 Å². The van der Waals surface area contributed by atoms with Gasteiger partial charge in [-0.1, -0.05) is 19.4 Å². The molecule has 4 aliphatic carbocycles. The van der Waals surface area contributed by atoms with Crippen molar-refractivity contribution in [1.29, 1.82) is 5.26 Å². The Morgan fingerprint density at radius 3 is 2.58 bits per heavy atom. The van der Waals surface area contributed by atoms with Crippen LogP contribution in [0.25, 0.3) is 0 Å². The summed E-state index contributed by atoms with van der Waals surface area (Å²) in [5.74, 6) is 1.52. The molecular formula is C22H29NO3. The summed E-state index contributed by atoms with van der Waals surface area (Å²) in [6, 6.07) is 2.42. The third kappa shape index (κ3) is 2.19. The van der Waals surface area contributed by atoms with E-state index in [4.69, 9.17) is 4.74 Å². The summed E-state index contributed by atoms with van der Waals surface area (Å²) in [6.07, 6.45) is 9.28. The quantitative estimate of drug-likeness (QED) is 0.656. The van der Waals surface area contributed by atoms with E-state index in [2.05, 4.69) is 19.9 Å². The minimum absolute atomic E-state index is 0.136. The molecule has 0 aromatic rings. The van der Waals surface area contributed by atoms with Crippen LogP contribution in [0.4, 0.5) is 0 Å². The first kappa shape index (κ1) is 17.8. The lowest BCUT2D eigenvalue weighted by Gasteiger charge is -2.58. The first-order valence-electron chi connectivity index (χ1n) is 10.1. The number of ether oxygens (including phenoxy) is 1. The highest BCUT2D eigenvalue weighted by molar-refractivity contribution is 5.91. The highest BCUT2D eigenvalue weighted by atomic mass is 16.6. The van der Waals surface area contributed by atoms with Crippen molar-refractivity contribution in [3.8, 4) is 6.07 Å². The second-order valence-corrected chi connectivity index (χ2v) is 9.50. The number of nitriles is 1. The van der Waals surface area contributed by atoms with Crippen LogP contribution in [-0.2, 0) is 14.3 Å². The second kappa shape index (κ2) is 5.68. The van der Waals surface area contributed by atoms with Gasteiger partial charge in [0.05, 0.1) is 0 Å². The van der Waals surface area contributed by atoms with Crippen LogP contribution >= 0.6 is 0 Å². The van der Waals surface area contributed by atoms with Crippen molar-refractivity contribution in [2.45, 2.75) is 77.7 Å². The molecule has 0 saturated heterocycles. The van der Waals surface area contributed by atoms with Gasteiger partial charge < -0.3 is 4.74 Å². The summed E-state index contributed by atoms with van der Waals surface area (Å²) >= 11 is 0. The molecule has 0 unspecified atom stereocenters. The Morgan fingerprint density at radius 1 is 1.15 bits per heavy atom. The molecule has 0 aromatic heterocycles. The third-order valence-corrected chi connectivity index (χ3v) is 8.58. The number of carbonyl (C=O) groups is 2. The Bertz CT molecular complexity index is 734. The summed E-state index contributed by atoms with van der Waals surface area (Å²) in [7, 11) is 0. The fraction of sp³-hybridized carbons (Fsp3) is 0.773. The number of fused-ring (bicyclic) bond motifs is 5. The second-order valence-electron chi connectivity index (χ2n) is 9.50. The molecule has 3 fully saturated rings. The van der Waals surface area contributed by atoms with Crippen molar-refractivity contribution in [2.75, 3.05) is 0 Å². The van der Waals surface area contributed by atoms with Crippen molar-refractivity contribution in [3.05, 3.63) is 11.6 Å². The molecule has 4 nitrogen and oxygen atoms in total. The highest BCUT2D eigenvalue weighted by Crippen LogP contribution is 2.68. The standard InChI is InChI=1S/C22H29NO3/c1-14(24)26-22(13-23)11-8-19-17-5-4-15-12-16(25)6-9-20(15,2)18(17)7-10-21(19,22)3/h12,17-19H,4-11H2,1-3H3/t17-,18-,19+,20-,21-,22+/m0/s1. The number of hydrogen-bond donors (Lipinski definition) is 0. The lowest BCUT2D eigenvalue weighted by atomic mass is 9.46. The van der Waals surface area contributed by atoms with Gasteiger partial charge in [0.25, 0.3) is 0 Å². The Balaban J connectivity index is 1.69. The van der Waals surface area contributed by atoms with Crippen LogP contribution in [0, 0.1) is 39.9 Å². The van der Waals surface area contributed by atoms with Crippen LogP contribution in [0.3, 0.4) is 0 Å². The number of nitrogens with zero attached hydrogens (tertiary/aromatic N) is 1. The fourth-order valence-electron chi connectivity index (χ4n) is 7.18. The topological polar surface area (TPSA) is 67.2 Å². The number of allylic oxidation sites excluding steroid dienone is 1. The molecule has 0 radical (unpaired) electrons. The van der Waals surface area contributed by atoms with Crippen molar-refractivity contribution < 1.29 is 14.3 Å². The van der Waals surface area contributed by atoms with Crippen LogP contribution in [-0.4, -0.2) is 17.4 Å². The van der Waals surface area contributed by atoms with E-state index in [1.54, 1.807) is 0 Å². The summed E-state index contributed by atoms with van der Waals surface area (Å²) in [5.41, 5.74) is 0.283. The molecule has 4 heteroatoms. The van der Waals surface area contributed by atoms with E-state index in [0.29, 0.717) is 30.6 Å².